The molecule has 20 heavy (non-hydrogen) atoms. The third-order valence-electron chi connectivity index (χ3n) is 3.42. The van der Waals surface area contributed by atoms with Crippen molar-refractivity contribution < 1.29 is 4.79 Å². The zero-order valence-electron chi connectivity index (χ0n) is 12.4. The van der Waals surface area contributed by atoms with Gasteiger partial charge in [0.2, 0.25) is 5.91 Å². The Balaban J connectivity index is 2.11. The average molecular weight is 277 g/mol. The molecule has 0 aromatic carbocycles. The maximum absolute atomic E-state index is 11.3. The molecular weight excluding hydrogens is 254 g/mol. The molecule has 0 bridgehead atoms. The molecule has 0 spiro atoms. The second-order valence-corrected chi connectivity index (χ2v) is 5.90. The molecule has 1 amide bonds. The molecule has 6 heteroatoms. The van der Waals surface area contributed by atoms with Crippen molar-refractivity contribution in [3.05, 3.63) is 11.9 Å². The summed E-state index contributed by atoms with van der Waals surface area (Å²) < 4.78 is 0. The Morgan fingerprint density at radius 1 is 1.35 bits per heavy atom. The summed E-state index contributed by atoms with van der Waals surface area (Å²) >= 11 is 0. The minimum atomic E-state index is -0.608. The summed E-state index contributed by atoms with van der Waals surface area (Å²) in [6.07, 6.45) is 2.31. The summed E-state index contributed by atoms with van der Waals surface area (Å²) in [6, 6.07) is 1.87. The number of anilines is 2. The summed E-state index contributed by atoms with van der Waals surface area (Å²) in [4.78, 5) is 20.4. The molecule has 1 aromatic heterocycles. The van der Waals surface area contributed by atoms with E-state index in [9.17, 15) is 4.79 Å². The van der Waals surface area contributed by atoms with Gasteiger partial charge in [-0.15, -0.1) is 0 Å². The fraction of sp³-hybridized carbons (Fsp3) is 0.643. The molecule has 1 aromatic rings. The van der Waals surface area contributed by atoms with Gasteiger partial charge in [-0.2, -0.15) is 0 Å². The van der Waals surface area contributed by atoms with E-state index in [0.29, 0.717) is 12.5 Å². The quantitative estimate of drug-likeness (QED) is 0.705. The highest BCUT2D eigenvalue weighted by atomic mass is 16.1. The summed E-state index contributed by atoms with van der Waals surface area (Å²) in [5, 5.41) is 6.40. The van der Waals surface area contributed by atoms with E-state index >= 15 is 0 Å². The third kappa shape index (κ3) is 3.59. The van der Waals surface area contributed by atoms with Crippen LogP contribution in [0, 0.1) is 5.41 Å². The Kier molecular flexibility index (Phi) is 4.11. The molecule has 0 atom stereocenters. The first-order valence-corrected chi connectivity index (χ1v) is 7.09. The number of hydrogen-bond acceptors (Lipinski definition) is 5. The van der Waals surface area contributed by atoms with Crippen molar-refractivity contribution >= 4 is 17.5 Å². The second-order valence-electron chi connectivity index (χ2n) is 5.90. The van der Waals surface area contributed by atoms with Crippen LogP contribution in [-0.2, 0) is 4.79 Å². The number of primary amides is 1. The smallest absolute Gasteiger partial charge is 0.224 e. The molecule has 1 saturated carbocycles. The van der Waals surface area contributed by atoms with Crippen LogP contribution in [0.4, 0.5) is 11.6 Å². The normalized spacial score (nSPS) is 14.9. The van der Waals surface area contributed by atoms with E-state index in [4.69, 9.17) is 5.73 Å². The van der Waals surface area contributed by atoms with Gasteiger partial charge < -0.3 is 16.4 Å². The Hall–Kier alpha value is -1.85. The largest absolute Gasteiger partial charge is 0.370 e. The minimum absolute atomic E-state index is 0.326. The number of hydrogen-bond donors (Lipinski definition) is 3. The standard InChI is InChI=1S/C14H23N5O/c1-4-16-10-7-11(17-8-14(2,3)13(15)20)19-12(18-10)9-5-6-9/h7,9H,4-6,8H2,1-3H3,(H2,15,20)(H2,16,17,18,19). The first-order chi connectivity index (χ1) is 9.42. The Labute approximate surface area is 119 Å². The van der Waals surface area contributed by atoms with Crippen molar-refractivity contribution in [1.82, 2.24) is 9.97 Å². The van der Waals surface area contributed by atoms with E-state index in [0.717, 1.165) is 36.8 Å². The molecule has 0 unspecified atom stereocenters. The van der Waals surface area contributed by atoms with Crippen molar-refractivity contribution in [2.45, 2.75) is 39.5 Å². The summed E-state index contributed by atoms with van der Waals surface area (Å²) in [6.45, 7) is 6.93. The van der Waals surface area contributed by atoms with Crippen LogP contribution >= 0.6 is 0 Å². The van der Waals surface area contributed by atoms with Crippen molar-refractivity contribution in [1.29, 1.82) is 0 Å². The van der Waals surface area contributed by atoms with Crippen LogP contribution in [0.15, 0.2) is 6.07 Å². The lowest BCUT2D eigenvalue weighted by atomic mass is 9.93. The van der Waals surface area contributed by atoms with Crippen LogP contribution < -0.4 is 16.4 Å². The summed E-state index contributed by atoms with van der Waals surface area (Å²) in [7, 11) is 0. The molecule has 110 valence electrons. The highest BCUT2D eigenvalue weighted by molar-refractivity contribution is 5.80. The average Bonchev–Trinajstić information content (AvgIpc) is 3.21. The van der Waals surface area contributed by atoms with Crippen molar-refractivity contribution in [2.24, 2.45) is 11.1 Å². The van der Waals surface area contributed by atoms with Crippen molar-refractivity contribution in [3.63, 3.8) is 0 Å². The third-order valence-corrected chi connectivity index (χ3v) is 3.42. The lowest BCUT2D eigenvalue weighted by Gasteiger charge is -2.21. The van der Waals surface area contributed by atoms with Crippen LogP contribution in [0.1, 0.15) is 45.4 Å². The SMILES string of the molecule is CCNc1cc(NCC(C)(C)C(N)=O)nc(C2CC2)n1. The molecule has 1 heterocycles. The highest BCUT2D eigenvalue weighted by Gasteiger charge is 2.28. The highest BCUT2D eigenvalue weighted by Crippen LogP contribution is 2.38. The molecule has 2 rings (SSSR count). The predicted octanol–water partition coefficient (Wildman–Crippen LogP) is 1.71. The van der Waals surface area contributed by atoms with E-state index in [-0.39, 0.29) is 5.91 Å². The van der Waals surface area contributed by atoms with E-state index in [1.807, 2.05) is 26.8 Å². The van der Waals surface area contributed by atoms with E-state index in [2.05, 4.69) is 20.6 Å². The van der Waals surface area contributed by atoms with Gasteiger partial charge in [0.05, 0.1) is 5.41 Å². The predicted molar refractivity (Wildman–Crippen MR) is 79.6 cm³/mol. The number of amides is 1. The minimum Gasteiger partial charge on any atom is -0.370 e. The fourth-order valence-corrected chi connectivity index (χ4v) is 1.75. The van der Waals surface area contributed by atoms with Gasteiger partial charge in [0, 0.05) is 25.1 Å². The molecule has 1 aliphatic rings. The molecule has 1 aliphatic carbocycles. The van der Waals surface area contributed by atoms with Gasteiger partial charge in [0.1, 0.15) is 17.5 Å². The van der Waals surface area contributed by atoms with Crippen LogP contribution in [0.2, 0.25) is 0 Å². The first kappa shape index (κ1) is 14.6. The first-order valence-electron chi connectivity index (χ1n) is 7.09. The molecule has 0 radical (unpaired) electrons. The monoisotopic (exact) mass is 277 g/mol. The number of nitrogens with one attached hydrogen (secondary N) is 2. The van der Waals surface area contributed by atoms with Gasteiger partial charge in [-0.1, -0.05) is 0 Å². The zero-order valence-corrected chi connectivity index (χ0v) is 12.4. The number of nitrogens with two attached hydrogens (primary N) is 1. The lowest BCUT2D eigenvalue weighted by Crippen LogP contribution is -2.37. The maximum atomic E-state index is 11.3. The van der Waals surface area contributed by atoms with Crippen LogP contribution in [-0.4, -0.2) is 29.0 Å². The molecule has 6 nitrogen and oxygen atoms in total. The van der Waals surface area contributed by atoms with Gasteiger partial charge in [0.15, 0.2) is 0 Å². The Morgan fingerprint density at radius 3 is 2.45 bits per heavy atom. The Morgan fingerprint density at radius 2 is 1.95 bits per heavy atom. The second kappa shape index (κ2) is 5.64. The molecule has 0 aliphatic heterocycles. The van der Waals surface area contributed by atoms with Gasteiger partial charge >= 0.3 is 0 Å². The van der Waals surface area contributed by atoms with Crippen LogP contribution in [0.25, 0.3) is 0 Å². The Bertz CT molecular complexity index is 496. The van der Waals surface area contributed by atoms with E-state index in [1.54, 1.807) is 0 Å². The van der Waals surface area contributed by atoms with Crippen molar-refractivity contribution in [3.8, 4) is 0 Å². The topological polar surface area (TPSA) is 92.9 Å². The lowest BCUT2D eigenvalue weighted by molar-refractivity contribution is -0.125. The zero-order chi connectivity index (χ0) is 14.8. The number of aromatic nitrogens is 2. The summed E-state index contributed by atoms with van der Waals surface area (Å²) in [5.74, 6) is 2.60. The van der Waals surface area contributed by atoms with Gasteiger partial charge in [-0.3, -0.25) is 4.79 Å². The molecule has 1 fully saturated rings. The number of nitrogens with zero attached hydrogens (tertiary/aromatic N) is 2. The number of rotatable bonds is 7. The van der Waals surface area contributed by atoms with Crippen molar-refractivity contribution in [2.75, 3.05) is 23.7 Å². The van der Waals surface area contributed by atoms with Gasteiger partial charge in [-0.25, -0.2) is 9.97 Å². The van der Waals surface area contributed by atoms with Crippen LogP contribution in [0.3, 0.4) is 0 Å². The van der Waals surface area contributed by atoms with Crippen LogP contribution in [0.5, 0.6) is 0 Å². The van der Waals surface area contributed by atoms with Gasteiger partial charge in [0.25, 0.3) is 0 Å². The van der Waals surface area contributed by atoms with E-state index < -0.39 is 5.41 Å². The molecule has 4 N–H and O–H groups in total. The molecular formula is C14H23N5O. The maximum Gasteiger partial charge on any atom is 0.224 e. The number of carbonyl (C=O) groups excluding carboxylic acids is 1. The van der Waals surface area contributed by atoms with E-state index in [1.165, 1.54) is 0 Å². The fourth-order valence-electron chi connectivity index (χ4n) is 1.75. The molecule has 0 saturated heterocycles. The van der Waals surface area contributed by atoms with Gasteiger partial charge in [-0.05, 0) is 33.6 Å². The number of carbonyl (C=O) groups is 1. The summed E-state index contributed by atoms with van der Waals surface area (Å²) in [5.41, 5.74) is 4.77.